The lowest BCUT2D eigenvalue weighted by Crippen LogP contribution is -2.42. The van der Waals surface area contributed by atoms with Crippen LogP contribution >= 0.6 is 0 Å². The lowest BCUT2D eigenvalue weighted by Gasteiger charge is -2.44. The summed E-state index contributed by atoms with van der Waals surface area (Å²) in [5.41, 5.74) is 11.0. The third-order valence-corrected chi connectivity index (χ3v) is 5.99. The van der Waals surface area contributed by atoms with Crippen molar-refractivity contribution in [2.45, 2.75) is 59.3 Å². The number of dihydropyridines is 1. The monoisotopic (exact) mass is 364 g/mol. The molecule has 27 heavy (non-hydrogen) atoms. The summed E-state index contributed by atoms with van der Waals surface area (Å²) in [5.74, 6) is 0.0311. The summed E-state index contributed by atoms with van der Waals surface area (Å²) >= 11 is 0. The maximum atomic E-state index is 13.1. The summed E-state index contributed by atoms with van der Waals surface area (Å²) in [7, 11) is 0. The molecule has 0 bridgehead atoms. The van der Waals surface area contributed by atoms with E-state index in [-0.39, 0.29) is 28.3 Å². The zero-order valence-corrected chi connectivity index (χ0v) is 16.6. The molecule has 4 heteroatoms. The minimum atomic E-state index is -0.274. The second-order valence-corrected chi connectivity index (χ2v) is 9.89. The van der Waals surface area contributed by atoms with Gasteiger partial charge in [0.2, 0.25) is 0 Å². The first-order valence-corrected chi connectivity index (χ1v) is 9.71. The first-order chi connectivity index (χ1) is 12.6. The maximum absolute atomic E-state index is 13.1. The zero-order valence-electron chi connectivity index (χ0n) is 16.6. The molecule has 0 amide bonds. The van der Waals surface area contributed by atoms with Gasteiger partial charge < -0.3 is 11.1 Å². The standard InChI is InChI=1S/C23H28N2O2/c1-22(2)9-15-20(17(26)11-22)19(13-5-7-14(24)8-6-13)21-16(25-15)10-23(3,4)12-18(21)27/h5-8,19,25H,9-12,24H2,1-4H3. The topological polar surface area (TPSA) is 72.2 Å². The van der Waals surface area contributed by atoms with Gasteiger partial charge in [0.05, 0.1) is 0 Å². The number of benzene rings is 1. The second kappa shape index (κ2) is 5.82. The predicted octanol–water partition coefficient (Wildman–Crippen LogP) is 4.24. The van der Waals surface area contributed by atoms with Crippen LogP contribution in [0, 0.1) is 10.8 Å². The number of rotatable bonds is 1. The summed E-state index contributed by atoms with van der Waals surface area (Å²) in [4.78, 5) is 26.3. The molecule has 0 unspecified atom stereocenters. The molecule has 142 valence electrons. The number of hydrogen-bond donors (Lipinski definition) is 2. The van der Waals surface area contributed by atoms with Gasteiger partial charge in [-0.05, 0) is 41.4 Å². The highest BCUT2D eigenvalue weighted by molar-refractivity contribution is 6.06. The molecule has 0 saturated heterocycles. The van der Waals surface area contributed by atoms with Gasteiger partial charge in [-0.1, -0.05) is 39.8 Å². The molecule has 1 aliphatic heterocycles. The molecule has 4 rings (SSSR count). The molecule has 1 aromatic carbocycles. The molecule has 0 radical (unpaired) electrons. The number of carbonyl (C=O) groups excluding carboxylic acids is 2. The van der Waals surface area contributed by atoms with Crippen LogP contribution in [0.5, 0.6) is 0 Å². The number of ketones is 2. The SMILES string of the molecule is CC1(C)CC(=O)C2=C(C1)NC1=C(C(=O)CC(C)(C)C1)C2c1ccc(N)cc1. The van der Waals surface area contributed by atoms with Crippen LogP contribution in [0.2, 0.25) is 0 Å². The Morgan fingerprint density at radius 3 is 1.70 bits per heavy atom. The van der Waals surface area contributed by atoms with E-state index in [1.807, 2.05) is 24.3 Å². The Morgan fingerprint density at radius 1 is 0.815 bits per heavy atom. The molecular weight excluding hydrogens is 336 g/mol. The van der Waals surface area contributed by atoms with Crippen LogP contribution in [0.25, 0.3) is 0 Å². The number of hydrogen-bond acceptors (Lipinski definition) is 4. The summed E-state index contributed by atoms with van der Waals surface area (Å²) < 4.78 is 0. The average molecular weight is 364 g/mol. The number of nitrogens with one attached hydrogen (secondary N) is 1. The number of anilines is 1. The molecular formula is C23H28N2O2. The van der Waals surface area contributed by atoms with Crippen molar-refractivity contribution < 1.29 is 9.59 Å². The highest BCUT2D eigenvalue weighted by Crippen LogP contribution is 2.50. The van der Waals surface area contributed by atoms with E-state index < -0.39 is 0 Å². The predicted molar refractivity (Wildman–Crippen MR) is 107 cm³/mol. The zero-order chi connectivity index (χ0) is 19.6. The fourth-order valence-electron chi connectivity index (χ4n) is 4.91. The van der Waals surface area contributed by atoms with E-state index in [1.165, 1.54) is 0 Å². The Bertz CT molecular complexity index is 849. The summed E-state index contributed by atoms with van der Waals surface area (Å²) in [6.45, 7) is 8.53. The third kappa shape index (κ3) is 3.11. The van der Waals surface area contributed by atoms with Gasteiger partial charge in [0, 0.05) is 47.0 Å². The Hall–Kier alpha value is -2.36. The normalized spacial score (nSPS) is 24.4. The molecule has 1 aromatic rings. The number of carbonyl (C=O) groups is 2. The van der Waals surface area contributed by atoms with Crippen molar-refractivity contribution in [1.82, 2.24) is 5.32 Å². The number of Topliss-reactive ketones (excluding diaryl/α,β-unsaturated/α-hetero) is 2. The molecule has 0 aromatic heterocycles. The van der Waals surface area contributed by atoms with Gasteiger partial charge in [0.25, 0.3) is 0 Å². The van der Waals surface area contributed by atoms with Crippen LogP contribution in [0.3, 0.4) is 0 Å². The Balaban J connectivity index is 1.90. The molecule has 0 saturated carbocycles. The van der Waals surface area contributed by atoms with Crippen molar-refractivity contribution in [2.24, 2.45) is 10.8 Å². The van der Waals surface area contributed by atoms with Gasteiger partial charge >= 0.3 is 0 Å². The van der Waals surface area contributed by atoms with Gasteiger partial charge in [-0.15, -0.1) is 0 Å². The fraction of sp³-hybridized carbons (Fsp3) is 0.478. The van der Waals surface area contributed by atoms with Crippen molar-refractivity contribution in [2.75, 3.05) is 5.73 Å². The van der Waals surface area contributed by atoms with E-state index in [2.05, 4.69) is 33.0 Å². The number of nitrogen functional groups attached to an aromatic ring is 1. The minimum absolute atomic E-state index is 0.0686. The highest BCUT2D eigenvalue weighted by Gasteiger charge is 2.46. The van der Waals surface area contributed by atoms with Crippen LogP contribution in [0.1, 0.15) is 64.9 Å². The molecule has 0 fully saturated rings. The van der Waals surface area contributed by atoms with Crippen molar-refractivity contribution in [1.29, 1.82) is 0 Å². The van der Waals surface area contributed by atoms with Crippen LogP contribution in [-0.2, 0) is 9.59 Å². The smallest absolute Gasteiger partial charge is 0.162 e. The Morgan fingerprint density at radius 2 is 1.26 bits per heavy atom. The number of nitrogens with two attached hydrogens (primary N) is 1. The minimum Gasteiger partial charge on any atom is -0.399 e. The first kappa shape index (κ1) is 18.0. The number of allylic oxidation sites excluding steroid dienone is 4. The second-order valence-electron chi connectivity index (χ2n) is 9.89. The van der Waals surface area contributed by atoms with Gasteiger partial charge in [0.15, 0.2) is 11.6 Å². The largest absolute Gasteiger partial charge is 0.399 e. The average Bonchev–Trinajstić information content (AvgIpc) is 2.51. The lowest BCUT2D eigenvalue weighted by molar-refractivity contribution is -0.119. The van der Waals surface area contributed by atoms with Crippen molar-refractivity contribution in [3.05, 3.63) is 52.4 Å². The molecule has 3 aliphatic rings. The summed E-state index contributed by atoms with van der Waals surface area (Å²) in [5, 5.41) is 3.53. The molecule has 1 heterocycles. The lowest BCUT2D eigenvalue weighted by atomic mass is 9.64. The van der Waals surface area contributed by atoms with E-state index in [0.29, 0.717) is 18.5 Å². The quantitative estimate of drug-likeness (QED) is 0.731. The maximum Gasteiger partial charge on any atom is 0.162 e. The van der Waals surface area contributed by atoms with Crippen LogP contribution in [-0.4, -0.2) is 11.6 Å². The van der Waals surface area contributed by atoms with Crippen LogP contribution in [0.15, 0.2) is 46.8 Å². The summed E-state index contributed by atoms with van der Waals surface area (Å²) in [6.07, 6.45) is 2.68. The van der Waals surface area contributed by atoms with E-state index >= 15 is 0 Å². The van der Waals surface area contributed by atoms with Crippen molar-refractivity contribution >= 4 is 17.3 Å². The fourth-order valence-corrected chi connectivity index (χ4v) is 4.91. The van der Waals surface area contributed by atoms with E-state index in [0.717, 1.165) is 40.9 Å². The van der Waals surface area contributed by atoms with E-state index in [4.69, 9.17) is 5.73 Å². The molecule has 4 nitrogen and oxygen atoms in total. The van der Waals surface area contributed by atoms with Gasteiger partial charge in [0.1, 0.15) is 0 Å². The van der Waals surface area contributed by atoms with E-state index in [9.17, 15) is 9.59 Å². The van der Waals surface area contributed by atoms with Gasteiger partial charge in [-0.2, -0.15) is 0 Å². The van der Waals surface area contributed by atoms with Crippen molar-refractivity contribution in [3.63, 3.8) is 0 Å². The van der Waals surface area contributed by atoms with Crippen molar-refractivity contribution in [3.8, 4) is 0 Å². The summed E-state index contributed by atoms with van der Waals surface area (Å²) in [6, 6.07) is 7.62. The van der Waals surface area contributed by atoms with Gasteiger partial charge in [-0.25, -0.2) is 0 Å². The van der Waals surface area contributed by atoms with Crippen LogP contribution < -0.4 is 11.1 Å². The molecule has 2 aliphatic carbocycles. The highest BCUT2D eigenvalue weighted by atomic mass is 16.1. The van der Waals surface area contributed by atoms with Crippen LogP contribution in [0.4, 0.5) is 5.69 Å². The Labute approximate surface area is 160 Å². The first-order valence-electron chi connectivity index (χ1n) is 9.71. The van der Waals surface area contributed by atoms with E-state index in [1.54, 1.807) is 0 Å². The Kier molecular flexibility index (Phi) is 3.88. The van der Waals surface area contributed by atoms with Gasteiger partial charge in [-0.3, -0.25) is 9.59 Å². The third-order valence-electron chi connectivity index (χ3n) is 5.99. The molecule has 0 spiro atoms. The molecule has 3 N–H and O–H groups in total. The molecule has 0 atom stereocenters.